The van der Waals surface area contributed by atoms with E-state index in [1.54, 1.807) is 25.2 Å². The lowest BCUT2D eigenvalue weighted by Gasteiger charge is -2.24. The van der Waals surface area contributed by atoms with Gasteiger partial charge in [0.1, 0.15) is 11.4 Å². The molecule has 0 aliphatic rings. The zero-order valence-electron chi connectivity index (χ0n) is 11.9. The molecule has 0 aliphatic heterocycles. The van der Waals surface area contributed by atoms with Gasteiger partial charge in [0.15, 0.2) is 0 Å². The van der Waals surface area contributed by atoms with Crippen molar-refractivity contribution in [2.45, 2.75) is 32.8 Å². The predicted octanol–water partition coefficient (Wildman–Crippen LogP) is 2.38. The van der Waals surface area contributed by atoms with Gasteiger partial charge >= 0.3 is 6.09 Å². The van der Waals surface area contributed by atoms with Gasteiger partial charge in [-0.2, -0.15) is 0 Å². The van der Waals surface area contributed by atoms with E-state index in [0.717, 1.165) is 5.56 Å². The standard InChI is InChI=1S/C14H22N2O3/c1-14(2,3)19-13(18)16(4)8-7-10-5-6-12(17)11(15)9-10/h5-6,9,17H,7-8,15H2,1-4H3. The number of phenolic OH excluding ortho intramolecular Hbond substituents is 1. The van der Waals surface area contributed by atoms with E-state index in [-0.39, 0.29) is 11.8 Å². The molecule has 0 spiro atoms. The molecule has 0 radical (unpaired) electrons. The molecule has 1 aromatic rings. The van der Waals surface area contributed by atoms with Gasteiger partial charge in [-0.15, -0.1) is 0 Å². The van der Waals surface area contributed by atoms with Gasteiger partial charge in [0.25, 0.3) is 0 Å². The van der Waals surface area contributed by atoms with Crippen LogP contribution in [-0.4, -0.2) is 35.3 Å². The average Bonchev–Trinajstić information content (AvgIpc) is 2.28. The molecule has 0 atom stereocenters. The number of amides is 1. The van der Waals surface area contributed by atoms with Gasteiger partial charge in [0.05, 0.1) is 5.69 Å². The summed E-state index contributed by atoms with van der Waals surface area (Å²) in [7, 11) is 1.69. The van der Waals surface area contributed by atoms with Crippen molar-refractivity contribution in [3.63, 3.8) is 0 Å². The Hall–Kier alpha value is -1.91. The number of likely N-dealkylation sites (N-methyl/N-ethyl adjacent to an activating group) is 1. The third-order valence-electron chi connectivity index (χ3n) is 2.53. The smallest absolute Gasteiger partial charge is 0.410 e. The lowest BCUT2D eigenvalue weighted by Crippen LogP contribution is -2.35. The number of ether oxygens (including phenoxy) is 1. The van der Waals surface area contributed by atoms with Gasteiger partial charge in [-0.25, -0.2) is 4.79 Å². The van der Waals surface area contributed by atoms with Crippen molar-refractivity contribution >= 4 is 11.8 Å². The number of nitrogens with two attached hydrogens (primary N) is 1. The van der Waals surface area contributed by atoms with E-state index in [4.69, 9.17) is 10.5 Å². The highest BCUT2D eigenvalue weighted by Gasteiger charge is 2.19. The Labute approximate surface area is 114 Å². The minimum absolute atomic E-state index is 0.0734. The second kappa shape index (κ2) is 5.82. The van der Waals surface area contributed by atoms with Crippen LogP contribution in [0.4, 0.5) is 10.5 Å². The summed E-state index contributed by atoms with van der Waals surface area (Å²) in [5.74, 6) is 0.0734. The molecule has 0 saturated carbocycles. The normalized spacial score (nSPS) is 11.2. The number of nitrogens with zero attached hydrogens (tertiary/aromatic N) is 1. The maximum absolute atomic E-state index is 11.7. The van der Waals surface area contributed by atoms with Crippen molar-refractivity contribution in [3.05, 3.63) is 23.8 Å². The molecule has 0 aromatic heterocycles. The third kappa shape index (κ3) is 5.07. The van der Waals surface area contributed by atoms with Gasteiger partial charge < -0.3 is 20.5 Å². The highest BCUT2D eigenvalue weighted by Crippen LogP contribution is 2.20. The maximum Gasteiger partial charge on any atom is 0.410 e. The van der Waals surface area contributed by atoms with Gasteiger partial charge in [-0.05, 0) is 44.9 Å². The van der Waals surface area contributed by atoms with Crippen molar-refractivity contribution in [3.8, 4) is 5.75 Å². The Balaban J connectivity index is 2.52. The fourth-order valence-electron chi connectivity index (χ4n) is 1.49. The fraction of sp³-hybridized carbons (Fsp3) is 0.500. The number of aromatic hydroxyl groups is 1. The Morgan fingerprint density at radius 1 is 1.42 bits per heavy atom. The first-order valence-electron chi connectivity index (χ1n) is 6.20. The van der Waals surface area contributed by atoms with Crippen LogP contribution in [0.25, 0.3) is 0 Å². The molecule has 0 heterocycles. The molecule has 0 fully saturated rings. The first-order valence-corrected chi connectivity index (χ1v) is 6.20. The topological polar surface area (TPSA) is 75.8 Å². The van der Waals surface area contributed by atoms with Crippen molar-refractivity contribution in [2.75, 3.05) is 19.3 Å². The summed E-state index contributed by atoms with van der Waals surface area (Å²) in [6, 6.07) is 5.05. The van der Waals surface area contributed by atoms with Crippen LogP contribution in [0.2, 0.25) is 0 Å². The number of hydrogen-bond donors (Lipinski definition) is 2. The summed E-state index contributed by atoms with van der Waals surface area (Å²) in [6.07, 6.45) is 0.305. The van der Waals surface area contributed by atoms with Crippen LogP contribution in [0.5, 0.6) is 5.75 Å². The molecule has 0 aliphatic carbocycles. The zero-order valence-corrected chi connectivity index (χ0v) is 11.9. The van der Waals surface area contributed by atoms with E-state index in [0.29, 0.717) is 18.7 Å². The number of anilines is 1. The van der Waals surface area contributed by atoms with Gasteiger partial charge in [-0.1, -0.05) is 6.07 Å². The highest BCUT2D eigenvalue weighted by atomic mass is 16.6. The number of rotatable bonds is 3. The van der Waals surface area contributed by atoms with E-state index >= 15 is 0 Å². The average molecular weight is 266 g/mol. The largest absolute Gasteiger partial charge is 0.506 e. The molecular weight excluding hydrogens is 244 g/mol. The first-order chi connectivity index (χ1) is 8.69. The van der Waals surface area contributed by atoms with Gasteiger partial charge in [0, 0.05) is 13.6 Å². The molecule has 0 unspecified atom stereocenters. The summed E-state index contributed by atoms with van der Waals surface area (Å²) in [4.78, 5) is 13.3. The lowest BCUT2D eigenvalue weighted by molar-refractivity contribution is 0.0301. The van der Waals surface area contributed by atoms with E-state index in [1.165, 1.54) is 4.90 Å². The van der Waals surface area contributed by atoms with E-state index in [1.807, 2.05) is 20.8 Å². The molecule has 0 bridgehead atoms. The molecule has 5 nitrogen and oxygen atoms in total. The number of carbonyl (C=O) groups is 1. The first kappa shape index (κ1) is 15.1. The molecule has 1 rings (SSSR count). The summed E-state index contributed by atoms with van der Waals surface area (Å²) >= 11 is 0. The van der Waals surface area contributed by atoms with Crippen molar-refractivity contribution in [2.24, 2.45) is 0 Å². The van der Waals surface area contributed by atoms with Crippen molar-refractivity contribution in [1.82, 2.24) is 4.90 Å². The molecular formula is C14H22N2O3. The molecule has 5 heteroatoms. The molecule has 1 amide bonds. The number of phenols is 1. The van der Waals surface area contributed by atoms with E-state index < -0.39 is 5.60 Å². The van der Waals surface area contributed by atoms with Crippen LogP contribution < -0.4 is 5.73 Å². The number of carbonyl (C=O) groups excluding carboxylic acids is 1. The van der Waals surface area contributed by atoms with E-state index in [2.05, 4.69) is 0 Å². The van der Waals surface area contributed by atoms with Crippen molar-refractivity contribution < 1.29 is 14.6 Å². The van der Waals surface area contributed by atoms with Gasteiger partial charge in [-0.3, -0.25) is 0 Å². The van der Waals surface area contributed by atoms with Crippen LogP contribution in [0, 0.1) is 0 Å². The molecule has 19 heavy (non-hydrogen) atoms. The minimum Gasteiger partial charge on any atom is -0.506 e. The van der Waals surface area contributed by atoms with Gasteiger partial charge in [0.2, 0.25) is 0 Å². The Bertz CT molecular complexity index is 452. The molecule has 0 saturated heterocycles. The SMILES string of the molecule is CN(CCc1ccc(O)c(N)c1)C(=O)OC(C)(C)C. The zero-order chi connectivity index (χ0) is 14.6. The second-order valence-corrected chi connectivity index (χ2v) is 5.55. The Morgan fingerprint density at radius 2 is 2.05 bits per heavy atom. The van der Waals surface area contributed by atoms with Crippen LogP contribution in [0.1, 0.15) is 26.3 Å². The van der Waals surface area contributed by atoms with Crippen LogP contribution in [0.3, 0.4) is 0 Å². The summed E-state index contributed by atoms with van der Waals surface area (Å²) in [5.41, 5.74) is 6.43. The summed E-state index contributed by atoms with van der Waals surface area (Å²) in [5, 5.41) is 9.33. The summed E-state index contributed by atoms with van der Waals surface area (Å²) in [6.45, 7) is 6.03. The van der Waals surface area contributed by atoms with Crippen LogP contribution in [-0.2, 0) is 11.2 Å². The Kier molecular flexibility index (Phi) is 4.64. The molecule has 3 N–H and O–H groups in total. The Morgan fingerprint density at radius 3 is 2.58 bits per heavy atom. The van der Waals surface area contributed by atoms with E-state index in [9.17, 15) is 9.90 Å². The molecule has 106 valence electrons. The second-order valence-electron chi connectivity index (χ2n) is 5.55. The number of benzene rings is 1. The fourth-order valence-corrected chi connectivity index (χ4v) is 1.49. The van der Waals surface area contributed by atoms with Crippen LogP contribution in [0.15, 0.2) is 18.2 Å². The number of hydrogen-bond acceptors (Lipinski definition) is 4. The monoisotopic (exact) mass is 266 g/mol. The maximum atomic E-state index is 11.7. The highest BCUT2D eigenvalue weighted by molar-refractivity contribution is 5.67. The quantitative estimate of drug-likeness (QED) is 0.650. The predicted molar refractivity (Wildman–Crippen MR) is 75.1 cm³/mol. The lowest BCUT2D eigenvalue weighted by atomic mass is 10.1. The third-order valence-corrected chi connectivity index (χ3v) is 2.53. The van der Waals surface area contributed by atoms with Crippen molar-refractivity contribution in [1.29, 1.82) is 0 Å². The number of nitrogen functional groups attached to an aromatic ring is 1. The summed E-state index contributed by atoms with van der Waals surface area (Å²) < 4.78 is 5.25. The van der Waals surface area contributed by atoms with Crippen LogP contribution >= 0.6 is 0 Å². The minimum atomic E-state index is -0.492. The molecule has 1 aromatic carbocycles.